The molecule has 0 atom stereocenters. The summed E-state index contributed by atoms with van der Waals surface area (Å²) in [6.07, 6.45) is 1.52. The lowest BCUT2D eigenvalue weighted by Gasteiger charge is -2.07. The van der Waals surface area contributed by atoms with Crippen LogP contribution in [0.3, 0.4) is 0 Å². The van der Waals surface area contributed by atoms with Crippen molar-refractivity contribution in [1.82, 2.24) is 9.97 Å². The van der Waals surface area contributed by atoms with Crippen LogP contribution in [0.1, 0.15) is 11.7 Å². The number of rotatable bonds is 4. The topological polar surface area (TPSA) is 85.1 Å². The average Bonchev–Trinajstić information content (AvgIpc) is 2.87. The first kappa shape index (κ1) is 15.2. The Balaban J connectivity index is 1.88. The van der Waals surface area contributed by atoms with Gasteiger partial charge in [-0.2, -0.15) is 0 Å². The Hall–Kier alpha value is -2.67. The van der Waals surface area contributed by atoms with Gasteiger partial charge in [-0.15, -0.1) is 0 Å². The summed E-state index contributed by atoms with van der Waals surface area (Å²) in [6, 6.07) is 11.5. The van der Waals surface area contributed by atoms with Crippen molar-refractivity contribution in [2.24, 2.45) is 0 Å². The minimum absolute atomic E-state index is 0.157. The minimum Gasteiger partial charge on any atom is -0.446 e. The molecule has 1 N–H and O–H groups in total. The first-order chi connectivity index (χ1) is 11.0. The lowest BCUT2D eigenvalue weighted by Crippen LogP contribution is -2.13. The lowest BCUT2D eigenvalue weighted by molar-refractivity contribution is 0.495. The highest BCUT2D eigenvalue weighted by Gasteiger charge is 2.16. The van der Waals surface area contributed by atoms with Gasteiger partial charge < -0.3 is 4.42 Å². The molecule has 3 aromatic rings. The van der Waals surface area contributed by atoms with E-state index >= 15 is 0 Å². The van der Waals surface area contributed by atoms with E-state index in [4.69, 9.17) is 4.42 Å². The Morgan fingerprint density at radius 3 is 2.35 bits per heavy atom. The maximum atomic E-state index is 12.3. The molecule has 0 unspecified atom stereocenters. The fourth-order valence-corrected chi connectivity index (χ4v) is 3.22. The fourth-order valence-electron chi connectivity index (χ4n) is 2.21. The van der Waals surface area contributed by atoms with Crippen LogP contribution in [0.25, 0.3) is 11.3 Å². The third-order valence-corrected chi connectivity index (χ3v) is 4.62. The van der Waals surface area contributed by atoms with Crippen LogP contribution in [0, 0.1) is 13.8 Å². The van der Waals surface area contributed by atoms with E-state index < -0.39 is 10.0 Å². The smallest absolute Gasteiger partial charge is 0.263 e. The molecule has 2 aromatic heterocycles. The number of anilines is 1. The van der Waals surface area contributed by atoms with Crippen molar-refractivity contribution < 1.29 is 12.8 Å². The number of hydrogen-bond donors (Lipinski definition) is 1. The molecule has 0 fully saturated rings. The Kier molecular flexibility index (Phi) is 3.87. The van der Waals surface area contributed by atoms with E-state index in [1.54, 1.807) is 37.3 Å². The summed E-state index contributed by atoms with van der Waals surface area (Å²) >= 11 is 0. The second kappa shape index (κ2) is 5.85. The summed E-state index contributed by atoms with van der Waals surface area (Å²) in [6.45, 7) is 3.59. The van der Waals surface area contributed by atoms with Crippen LogP contribution < -0.4 is 4.72 Å². The maximum Gasteiger partial charge on any atom is 0.263 e. The number of aryl methyl sites for hydroxylation is 2. The number of pyridine rings is 1. The number of sulfonamides is 1. The van der Waals surface area contributed by atoms with Crippen LogP contribution in [0.4, 0.5) is 5.82 Å². The average molecular weight is 329 g/mol. The van der Waals surface area contributed by atoms with E-state index in [2.05, 4.69) is 14.7 Å². The van der Waals surface area contributed by atoms with Gasteiger partial charge in [0.1, 0.15) is 17.3 Å². The molecule has 1 aromatic carbocycles. The predicted molar refractivity (Wildman–Crippen MR) is 86.5 cm³/mol. The number of nitrogens with one attached hydrogen (secondary N) is 1. The van der Waals surface area contributed by atoms with Crippen LogP contribution in [-0.4, -0.2) is 18.4 Å². The van der Waals surface area contributed by atoms with Gasteiger partial charge in [-0.25, -0.2) is 18.4 Å². The lowest BCUT2D eigenvalue weighted by atomic mass is 10.1. The molecular weight excluding hydrogens is 314 g/mol. The number of nitrogens with zero attached hydrogens (tertiary/aromatic N) is 2. The summed E-state index contributed by atoms with van der Waals surface area (Å²) in [5, 5.41) is 0. The highest BCUT2D eigenvalue weighted by Crippen LogP contribution is 2.25. The minimum atomic E-state index is -3.67. The third kappa shape index (κ3) is 3.24. The first-order valence-electron chi connectivity index (χ1n) is 6.94. The molecule has 7 heteroatoms. The Labute approximate surface area is 134 Å². The molecule has 0 aliphatic heterocycles. The molecular formula is C16H15N3O3S. The number of oxazole rings is 1. The monoisotopic (exact) mass is 329 g/mol. The fraction of sp³-hybridized carbons (Fsp3) is 0.125. The van der Waals surface area contributed by atoms with Crippen LogP contribution in [0.5, 0.6) is 0 Å². The molecule has 118 valence electrons. The van der Waals surface area contributed by atoms with Gasteiger partial charge in [0.2, 0.25) is 0 Å². The van der Waals surface area contributed by atoms with Crippen molar-refractivity contribution in [3.05, 3.63) is 60.3 Å². The Morgan fingerprint density at radius 2 is 1.78 bits per heavy atom. The zero-order chi connectivity index (χ0) is 16.4. The van der Waals surface area contributed by atoms with Crippen molar-refractivity contribution in [3.63, 3.8) is 0 Å². The van der Waals surface area contributed by atoms with Gasteiger partial charge in [0.25, 0.3) is 10.0 Å². The van der Waals surface area contributed by atoms with Crippen molar-refractivity contribution in [3.8, 4) is 11.3 Å². The van der Waals surface area contributed by atoms with E-state index in [9.17, 15) is 8.42 Å². The molecule has 6 nitrogen and oxygen atoms in total. The molecule has 3 rings (SSSR count). The van der Waals surface area contributed by atoms with Crippen molar-refractivity contribution in [2.45, 2.75) is 18.7 Å². The van der Waals surface area contributed by atoms with Gasteiger partial charge >= 0.3 is 0 Å². The molecule has 0 saturated carbocycles. The maximum absolute atomic E-state index is 12.3. The standard InChI is InChI=1S/C16H15N3O3S/c1-11-16(18-12(2)22-11)13-6-8-14(9-7-13)23(20,21)19-15-5-3-4-10-17-15/h3-10H,1-2H3,(H,17,19). The van der Waals surface area contributed by atoms with Gasteiger partial charge in [0, 0.05) is 18.7 Å². The molecule has 23 heavy (non-hydrogen) atoms. The highest BCUT2D eigenvalue weighted by molar-refractivity contribution is 7.92. The van der Waals surface area contributed by atoms with E-state index in [0.717, 1.165) is 5.56 Å². The second-order valence-corrected chi connectivity index (χ2v) is 6.66. The predicted octanol–water partition coefficient (Wildman–Crippen LogP) is 3.15. The SMILES string of the molecule is Cc1nc(-c2ccc(S(=O)(=O)Nc3ccccn3)cc2)c(C)o1. The summed E-state index contributed by atoms with van der Waals surface area (Å²) in [5.74, 6) is 1.55. The summed E-state index contributed by atoms with van der Waals surface area (Å²) in [5.41, 5.74) is 1.51. The van der Waals surface area contributed by atoms with Crippen LogP contribution in [0.2, 0.25) is 0 Å². The van der Waals surface area contributed by atoms with Crippen molar-refractivity contribution >= 4 is 15.8 Å². The molecule has 0 spiro atoms. The molecule has 0 saturated heterocycles. The molecule has 2 heterocycles. The third-order valence-electron chi connectivity index (χ3n) is 3.25. The molecule has 0 bridgehead atoms. The first-order valence-corrected chi connectivity index (χ1v) is 8.42. The Bertz CT molecular complexity index is 917. The molecule has 0 amide bonds. The van der Waals surface area contributed by atoms with E-state index in [-0.39, 0.29) is 10.7 Å². The quantitative estimate of drug-likeness (QED) is 0.794. The molecule has 0 aliphatic rings. The molecule has 0 aliphatic carbocycles. The van der Waals surface area contributed by atoms with Crippen molar-refractivity contribution in [1.29, 1.82) is 0 Å². The Morgan fingerprint density at radius 1 is 1.04 bits per heavy atom. The number of hydrogen-bond acceptors (Lipinski definition) is 5. The van der Waals surface area contributed by atoms with Gasteiger partial charge in [-0.05, 0) is 31.2 Å². The zero-order valence-corrected chi connectivity index (χ0v) is 13.5. The van der Waals surface area contributed by atoms with Gasteiger partial charge in [-0.3, -0.25) is 4.72 Å². The van der Waals surface area contributed by atoms with Gasteiger partial charge in [0.15, 0.2) is 5.89 Å². The second-order valence-electron chi connectivity index (χ2n) is 4.98. The van der Waals surface area contributed by atoms with E-state index in [1.165, 1.54) is 18.3 Å². The summed E-state index contributed by atoms with van der Waals surface area (Å²) in [4.78, 5) is 8.41. The van der Waals surface area contributed by atoms with Crippen molar-refractivity contribution in [2.75, 3.05) is 4.72 Å². The normalized spacial score (nSPS) is 11.4. The highest BCUT2D eigenvalue weighted by atomic mass is 32.2. The van der Waals surface area contributed by atoms with Crippen LogP contribution >= 0.6 is 0 Å². The van der Waals surface area contributed by atoms with Crippen LogP contribution in [-0.2, 0) is 10.0 Å². The van der Waals surface area contributed by atoms with Gasteiger partial charge in [-0.1, -0.05) is 18.2 Å². The van der Waals surface area contributed by atoms with Crippen LogP contribution in [0.15, 0.2) is 58.0 Å². The molecule has 0 radical (unpaired) electrons. The van der Waals surface area contributed by atoms with Gasteiger partial charge in [0.05, 0.1) is 4.90 Å². The largest absolute Gasteiger partial charge is 0.446 e. The summed E-state index contributed by atoms with van der Waals surface area (Å²) < 4.78 is 32.5. The van der Waals surface area contributed by atoms with E-state index in [1.807, 2.05) is 6.92 Å². The number of benzene rings is 1. The summed E-state index contributed by atoms with van der Waals surface area (Å²) in [7, 11) is -3.67. The zero-order valence-electron chi connectivity index (χ0n) is 12.6. The van der Waals surface area contributed by atoms with E-state index in [0.29, 0.717) is 17.3 Å². The number of aromatic nitrogens is 2.